The van der Waals surface area contributed by atoms with Gasteiger partial charge in [0, 0.05) is 19.2 Å². The van der Waals surface area contributed by atoms with Crippen molar-refractivity contribution in [3.63, 3.8) is 0 Å². The Morgan fingerprint density at radius 3 is 2.80 bits per heavy atom. The summed E-state index contributed by atoms with van der Waals surface area (Å²) in [5, 5.41) is 0. The van der Waals surface area contributed by atoms with Crippen molar-refractivity contribution in [2.45, 2.75) is 6.92 Å². The number of rotatable bonds is 6. The second-order valence-electron chi connectivity index (χ2n) is 4.05. The number of benzene rings is 1. The van der Waals surface area contributed by atoms with Crippen LogP contribution in [0.3, 0.4) is 0 Å². The molecule has 0 aliphatic rings. The van der Waals surface area contributed by atoms with Crippen LogP contribution in [-0.2, 0) is 14.9 Å². The van der Waals surface area contributed by atoms with Gasteiger partial charge in [0.25, 0.3) is 10.2 Å². The number of methoxy groups -OCH3 is 1. The minimum atomic E-state index is -3.65. The van der Waals surface area contributed by atoms with Crippen molar-refractivity contribution in [2.24, 2.45) is 5.73 Å². The summed E-state index contributed by atoms with van der Waals surface area (Å²) in [6.07, 6.45) is 0. The molecule has 1 rings (SSSR count). The van der Waals surface area contributed by atoms with Crippen LogP contribution in [-0.4, -0.2) is 35.2 Å². The molecule has 1 aromatic rings. The SMILES string of the molecule is COCCNS(=O)(=O)Nc1ccc(C)cc1C#CCN. The lowest BCUT2D eigenvalue weighted by molar-refractivity contribution is 0.204. The Labute approximate surface area is 119 Å². The third kappa shape index (κ3) is 5.59. The van der Waals surface area contributed by atoms with Crippen LogP contribution in [0.15, 0.2) is 18.2 Å². The Hall–Kier alpha value is -1.59. The second-order valence-corrected chi connectivity index (χ2v) is 5.55. The van der Waals surface area contributed by atoms with Crippen molar-refractivity contribution in [1.82, 2.24) is 4.72 Å². The van der Waals surface area contributed by atoms with Crippen LogP contribution < -0.4 is 15.2 Å². The van der Waals surface area contributed by atoms with Crippen LogP contribution in [0.1, 0.15) is 11.1 Å². The van der Waals surface area contributed by atoms with Crippen LogP contribution in [0, 0.1) is 18.8 Å². The Bertz CT molecular complexity index is 603. The van der Waals surface area contributed by atoms with Gasteiger partial charge in [0.05, 0.1) is 18.8 Å². The van der Waals surface area contributed by atoms with Gasteiger partial charge in [0.15, 0.2) is 0 Å². The Balaban J connectivity index is 2.91. The molecule has 7 heteroatoms. The van der Waals surface area contributed by atoms with E-state index in [-0.39, 0.29) is 13.1 Å². The van der Waals surface area contributed by atoms with E-state index in [9.17, 15) is 8.42 Å². The molecule has 0 heterocycles. The Morgan fingerprint density at radius 2 is 2.15 bits per heavy atom. The number of aryl methyl sites for hydroxylation is 1. The van der Waals surface area contributed by atoms with E-state index in [0.717, 1.165) is 5.56 Å². The van der Waals surface area contributed by atoms with Crippen LogP contribution in [0.2, 0.25) is 0 Å². The number of anilines is 1. The molecule has 0 aliphatic heterocycles. The van der Waals surface area contributed by atoms with Crippen molar-refractivity contribution in [1.29, 1.82) is 0 Å². The monoisotopic (exact) mass is 297 g/mol. The first-order valence-corrected chi connectivity index (χ1v) is 7.53. The smallest absolute Gasteiger partial charge is 0.299 e. The predicted octanol–water partition coefficient (Wildman–Crippen LogP) is 0.198. The largest absolute Gasteiger partial charge is 0.383 e. The summed E-state index contributed by atoms with van der Waals surface area (Å²) < 4.78 is 33.3. The lowest BCUT2D eigenvalue weighted by atomic mass is 10.1. The van der Waals surface area contributed by atoms with Crippen LogP contribution in [0.5, 0.6) is 0 Å². The summed E-state index contributed by atoms with van der Waals surface area (Å²) in [6, 6.07) is 5.28. The first-order chi connectivity index (χ1) is 9.48. The van der Waals surface area contributed by atoms with Crippen molar-refractivity contribution >= 4 is 15.9 Å². The fraction of sp³-hybridized carbons (Fsp3) is 0.385. The van der Waals surface area contributed by atoms with E-state index in [1.807, 2.05) is 6.92 Å². The van der Waals surface area contributed by atoms with Gasteiger partial charge in [0.1, 0.15) is 0 Å². The van der Waals surface area contributed by atoms with E-state index in [1.165, 1.54) is 7.11 Å². The molecule has 20 heavy (non-hydrogen) atoms. The van der Waals surface area contributed by atoms with E-state index in [1.54, 1.807) is 18.2 Å². The van der Waals surface area contributed by atoms with Gasteiger partial charge in [-0.05, 0) is 24.6 Å². The maximum atomic E-state index is 11.8. The molecule has 0 aliphatic carbocycles. The topological polar surface area (TPSA) is 93.4 Å². The minimum absolute atomic E-state index is 0.196. The van der Waals surface area contributed by atoms with Crippen LogP contribution in [0.25, 0.3) is 0 Å². The molecule has 0 bridgehead atoms. The molecule has 6 nitrogen and oxygen atoms in total. The van der Waals surface area contributed by atoms with E-state index >= 15 is 0 Å². The molecular weight excluding hydrogens is 278 g/mol. The minimum Gasteiger partial charge on any atom is -0.383 e. The van der Waals surface area contributed by atoms with Crippen molar-refractivity contribution < 1.29 is 13.2 Å². The molecule has 0 spiro atoms. The van der Waals surface area contributed by atoms with Gasteiger partial charge in [-0.2, -0.15) is 13.1 Å². The average molecular weight is 297 g/mol. The summed E-state index contributed by atoms with van der Waals surface area (Å²) >= 11 is 0. The molecule has 1 aromatic carbocycles. The maximum Gasteiger partial charge on any atom is 0.299 e. The lowest BCUT2D eigenvalue weighted by Gasteiger charge is -2.11. The van der Waals surface area contributed by atoms with E-state index in [4.69, 9.17) is 10.5 Å². The predicted molar refractivity (Wildman–Crippen MR) is 79.5 cm³/mol. The lowest BCUT2D eigenvalue weighted by Crippen LogP contribution is -2.32. The highest BCUT2D eigenvalue weighted by molar-refractivity contribution is 7.90. The highest BCUT2D eigenvalue weighted by Crippen LogP contribution is 2.17. The summed E-state index contributed by atoms with van der Waals surface area (Å²) in [4.78, 5) is 0. The van der Waals surface area contributed by atoms with E-state index in [2.05, 4.69) is 21.3 Å². The zero-order valence-corrected chi connectivity index (χ0v) is 12.4. The molecule has 110 valence electrons. The van der Waals surface area contributed by atoms with Gasteiger partial charge < -0.3 is 10.5 Å². The molecule has 0 unspecified atom stereocenters. The summed E-state index contributed by atoms with van der Waals surface area (Å²) in [6.45, 7) is 2.62. The normalized spacial score (nSPS) is 10.8. The maximum absolute atomic E-state index is 11.8. The fourth-order valence-corrected chi connectivity index (χ4v) is 2.35. The van der Waals surface area contributed by atoms with E-state index < -0.39 is 10.2 Å². The van der Waals surface area contributed by atoms with E-state index in [0.29, 0.717) is 17.9 Å². The van der Waals surface area contributed by atoms with Crippen LogP contribution >= 0.6 is 0 Å². The van der Waals surface area contributed by atoms with Crippen molar-refractivity contribution in [3.05, 3.63) is 29.3 Å². The second kappa shape index (κ2) is 7.87. The van der Waals surface area contributed by atoms with Gasteiger partial charge >= 0.3 is 0 Å². The number of hydrogen-bond acceptors (Lipinski definition) is 4. The van der Waals surface area contributed by atoms with Gasteiger partial charge in [0.2, 0.25) is 0 Å². The fourth-order valence-electron chi connectivity index (χ4n) is 1.46. The third-order valence-corrected chi connectivity index (χ3v) is 3.42. The van der Waals surface area contributed by atoms with Crippen molar-refractivity contribution in [2.75, 3.05) is 31.5 Å². The summed E-state index contributed by atoms with van der Waals surface area (Å²) in [7, 11) is -2.14. The Morgan fingerprint density at radius 1 is 1.40 bits per heavy atom. The number of nitrogens with one attached hydrogen (secondary N) is 2. The first kappa shape index (κ1) is 16.5. The Kier molecular flexibility index (Phi) is 6.48. The van der Waals surface area contributed by atoms with Gasteiger partial charge in [-0.3, -0.25) is 4.72 Å². The zero-order chi connectivity index (χ0) is 15.0. The summed E-state index contributed by atoms with van der Waals surface area (Å²) in [5.41, 5.74) is 7.33. The molecular formula is C13H19N3O3S. The van der Waals surface area contributed by atoms with Crippen LogP contribution in [0.4, 0.5) is 5.69 Å². The van der Waals surface area contributed by atoms with Gasteiger partial charge in [-0.25, -0.2) is 0 Å². The molecule has 4 N–H and O–H groups in total. The highest BCUT2D eigenvalue weighted by atomic mass is 32.2. The molecule has 0 fully saturated rings. The molecule has 0 saturated heterocycles. The molecule has 0 amide bonds. The number of ether oxygens (including phenoxy) is 1. The number of nitrogens with two attached hydrogens (primary N) is 1. The molecule has 0 atom stereocenters. The molecule has 0 radical (unpaired) electrons. The molecule has 0 aromatic heterocycles. The van der Waals surface area contributed by atoms with Gasteiger partial charge in [-0.15, -0.1) is 0 Å². The zero-order valence-electron chi connectivity index (χ0n) is 11.6. The standard InChI is InChI=1S/C13H19N3O3S/c1-11-5-6-13(12(10-11)4-3-7-14)16-20(17,18)15-8-9-19-2/h5-6,10,15-16H,7-9,14H2,1-2H3. The quantitative estimate of drug-likeness (QED) is 0.516. The summed E-state index contributed by atoms with van der Waals surface area (Å²) in [5.74, 6) is 5.56. The third-order valence-electron chi connectivity index (χ3n) is 2.34. The number of hydrogen-bond donors (Lipinski definition) is 3. The molecule has 0 saturated carbocycles. The highest BCUT2D eigenvalue weighted by Gasteiger charge is 2.11. The average Bonchev–Trinajstić information content (AvgIpc) is 2.39. The first-order valence-electron chi connectivity index (χ1n) is 6.04. The van der Waals surface area contributed by atoms with Crippen molar-refractivity contribution in [3.8, 4) is 11.8 Å². The van der Waals surface area contributed by atoms with Gasteiger partial charge in [-0.1, -0.05) is 17.9 Å².